The van der Waals surface area contributed by atoms with Crippen LogP contribution in [-0.4, -0.2) is 9.13 Å². The average Bonchev–Trinajstić information content (AvgIpc) is 1.69. The standard InChI is InChI=1S/C71H29F27N4/c72-63(73,74)44-12-39(13-45(26-44)64(75,76)77)34-1-5-56-52(20-34)53-21-35(40-14-46(65(78,79)80)27-47(15-40)66(81,82)83)2-6-57(53)101(56)60-24-43(38-10-32(30-99)9-33(11-38)31-100)25-61(62(60)71(96,97)98)102-58-7-3-36(41-16-48(67(84,85)86)28-49(17-41)68(87,88)89)22-54(58)55-23-37(4-8-59(55)102)42-18-50(69(90,91)92)29-51(19-42)70(93,94)95/h1-29H. The van der Waals surface area contributed by atoms with Gasteiger partial charge in [0.05, 0.1) is 101 Å². The van der Waals surface area contributed by atoms with E-state index >= 15 is 13.2 Å². The zero-order chi connectivity index (χ0) is 74.5. The fourth-order valence-electron chi connectivity index (χ4n) is 12.1. The number of aromatic nitrogens is 2. The van der Waals surface area contributed by atoms with E-state index in [-0.39, 0.29) is 89.5 Å². The minimum atomic E-state index is -5.84. The molecule has 0 saturated heterocycles. The van der Waals surface area contributed by atoms with Gasteiger partial charge in [0, 0.05) is 21.5 Å². The van der Waals surface area contributed by atoms with Gasteiger partial charge in [0.25, 0.3) is 0 Å². The molecule has 0 unspecified atom stereocenters. The summed E-state index contributed by atoms with van der Waals surface area (Å²) in [5.41, 5.74) is -28.5. The minimum Gasteiger partial charge on any atom is -0.309 e. The highest BCUT2D eigenvalue weighted by molar-refractivity contribution is 6.14. The molecule has 0 fully saturated rings. The highest BCUT2D eigenvalue weighted by atomic mass is 19.4. The lowest BCUT2D eigenvalue weighted by Crippen LogP contribution is -2.16. The number of nitrogens with zero attached hydrogens (tertiary/aromatic N) is 4. The zero-order valence-corrected chi connectivity index (χ0v) is 49.7. The molecule has 0 radical (unpaired) electrons. The Morgan fingerprint density at radius 1 is 0.206 bits per heavy atom. The van der Waals surface area contributed by atoms with Crippen molar-refractivity contribution >= 4 is 43.6 Å². The molecular formula is C71H29F27N4. The average molecular weight is 1450 g/mol. The first-order chi connectivity index (χ1) is 47.1. The number of hydrogen-bond acceptors (Lipinski definition) is 2. The van der Waals surface area contributed by atoms with Crippen LogP contribution in [0.3, 0.4) is 0 Å². The van der Waals surface area contributed by atoms with E-state index in [1.807, 2.05) is 0 Å². The fraction of sp³-hybridized carbons (Fsp3) is 0.127. The predicted molar refractivity (Wildman–Crippen MR) is 317 cm³/mol. The van der Waals surface area contributed by atoms with Crippen molar-refractivity contribution in [3.63, 3.8) is 0 Å². The Hall–Kier alpha value is -11.1. The minimum absolute atomic E-state index is 0.249. The van der Waals surface area contributed by atoms with Crippen LogP contribution in [0.4, 0.5) is 119 Å². The third kappa shape index (κ3) is 13.3. The summed E-state index contributed by atoms with van der Waals surface area (Å²) in [7, 11) is 0. The third-order valence-electron chi connectivity index (χ3n) is 16.6. The first-order valence-electron chi connectivity index (χ1n) is 28.7. The molecule has 0 bridgehead atoms. The van der Waals surface area contributed by atoms with Crippen LogP contribution in [0.1, 0.15) is 61.2 Å². The first kappa shape index (κ1) is 70.7. The van der Waals surface area contributed by atoms with Crippen LogP contribution in [0.25, 0.3) is 111 Å². The van der Waals surface area contributed by atoms with Gasteiger partial charge in [0.2, 0.25) is 0 Å². The molecule has 2 aromatic heterocycles. The van der Waals surface area contributed by atoms with Crippen LogP contribution in [0.15, 0.2) is 176 Å². The summed E-state index contributed by atoms with van der Waals surface area (Å²) in [5, 5.41) is 18.3. The molecule has 0 aliphatic rings. The van der Waals surface area contributed by atoms with Gasteiger partial charge in [0.1, 0.15) is 5.56 Å². The quantitative estimate of drug-likeness (QED) is 0.149. The molecule has 0 aliphatic carbocycles. The molecule has 0 saturated carbocycles. The molecule has 0 spiro atoms. The van der Waals surface area contributed by atoms with Crippen LogP contribution < -0.4 is 0 Å². The summed E-state index contributed by atoms with van der Waals surface area (Å²) >= 11 is 0. The molecule has 0 aliphatic heterocycles. The SMILES string of the molecule is N#Cc1cc(C#N)cc(-c2cc(-n3c4ccc(-c5cc(C(F)(F)F)cc(C(F)(F)F)c5)cc4c4cc(-c5cc(C(F)(F)F)cc(C(F)(F)F)c5)ccc43)c(C(F)(F)F)c(-n3c4ccc(-c5cc(C(F)(F)F)cc(C(F)(F)F)c5)cc4c4cc(-c5cc(C(F)(F)F)cc(C(F)(F)F)c5)ccc43)c2)c1. The fourth-order valence-corrected chi connectivity index (χ4v) is 12.1. The van der Waals surface area contributed by atoms with Crippen molar-refractivity contribution in [1.29, 1.82) is 10.5 Å². The largest absolute Gasteiger partial charge is 0.420 e. The molecule has 102 heavy (non-hydrogen) atoms. The Morgan fingerprint density at radius 3 is 0.588 bits per heavy atom. The molecule has 12 aromatic rings. The Bertz CT molecular complexity index is 4810. The number of hydrogen-bond donors (Lipinski definition) is 0. The van der Waals surface area contributed by atoms with E-state index in [0.29, 0.717) is 0 Å². The molecular weight excluding hydrogens is 1420 g/mol. The van der Waals surface area contributed by atoms with Crippen molar-refractivity contribution in [3.05, 3.63) is 237 Å². The summed E-state index contributed by atoms with van der Waals surface area (Å²) in [6.07, 6.45) is -49.8. The van der Waals surface area contributed by atoms with Gasteiger partial charge in [-0.25, -0.2) is 0 Å². The van der Waals surface area contributed by atoms with Gasteiger partial charge in [-0.3, -0.25) is 0 Å². The second-order valence-corrected chi connectivity index (χ2v) is 23.2. The molecule has 0 N–H and O–H groups in total. The molecule has 10 aromatic carbocycles. The Balaban J connectivity index is 1.25. The van der Waals surface area contributed by atoms with E-state index in [4.69, 9.17) is 0 Å². The van der Waals surface area contributed by atoms with E-state index < -0.39 is 211 Å². The van der Waals surface area contributed by atoms with Gasteiger partial charge < -0.3 is 9.13 Å². The normalized spacial score (nSPS) is 13.2. The van der Waals surface area contributed by atoms with Gasteiger partial charge in [-0.1, -0.05) is 24.3 Å². The molecule has 31 heteroatoms. The number of fused-ring (bicyclic) bond motifs is 6. The monoisotopic (exact) mass is 1450 g/mol. The van der Waals surface area contributed by atoms with E-state index in [9.17, 15) is 116 Å². The van der Waals surface area contributed by atoms with E-state index in [1.54, 1.807) is 12.1 Å². The third-order valence-corrected chi connectivity index (χ3v) is 16.6. The predicted octanol–water partition coefficient (Wildman–Crippen LogP) is 25.1. The first-order valence-corrected chi connectivity index (χ1v) is 28.7. The van der Waals surface area contributed by atoms with E-state index in [1.165, 1.54) is 0 Å². The van der Waals surface area contributed by atoms with Crippen molar-refractivity contribution in [1.82, 2.24) is 9.13 Å². The number of halogens is 27. The summed E-state index contributed by atoms with van der Waals surface area (Å²) < 4.78 is 399. The van der Waals surface area contributed by atoms with Crippen molar-refractivity contribution < 1.29 is 119 Å². The van der Waals surface area contributed by atoms with E-state index in [2.05, 4.69) is 0 Å². The molecule has 0 atom stereocenters. The van der Waals surface area contributed by atoms with Crippen molar-refractivity contribution in [2.45, 2.75) is 55.6 Å². The number of nitriles is 2. The summed E-state index contributed by atoms with van der Waals surface area (Å²) in [6.45, 7) is 0. The maximum Gasteiger partial charge on any atom is 0.420 e. The van der Waals surface area contributed by atoms with Crippen LogP contribution in [-0.2, 0) is 55.6 Å². The maximum absolute atomic E-state index is 17.2. The lowest BCUT2D eigenvalue weighted by molar-refractivity contribution is -0.144. The van der Waals surface area contributed by atoms with Crippen molar-refractivity contribution in [2.24, 2.45) is 0 Å². The van der Waals surface area contributed by atoms with Crippen molar-refractivity contribution in [2.75, 3.05) is 0 Å². The summed E-state index contributed by atoms with van der Waals surface area (Å²) in [6, 6.07) is 19.2. The van der Waals surface area contributed by atoms with Gasteiger partial charge >= 0.3 is 55.6 Å². The molecule has 12 rings (SSSR count). The smallest absolute Gasteiger partial charge is 0.309 e. The topological polar surface area (TPSA) is 57.4 Å². The van der Waals surface area contributed by atoms with E-state index in [0.717, 1.165) is 112 Å². The van der Waals surface area contributed by atoms with Crippen LogP contribution in [0.5, 0.6) is 0 Å². The summed E-state index contributed by atoms with van der Waals surface area (Å²) in [4.78, 5) is 0. The molecule has 4 nitrogen and oxygen atoms in total. The highest BCUT2D eigenvalue weighted by Crippen LogP contribution is 2.51. The van der Waals surface area contributed by atoms with Gasteiger partial charge in [-0.2, -0.15) is 129 Å². The Morgan fingerprint density at radius 2 is 0.402 bits per heavy atom. The molecule has 522 valence electrons. The van der Waals surface area contributed by atoms with Crippen LogP contribution >= 0.6 is 0 Å². The lowest BCUT2D eigenvalue weighted by Gasteiger charge is -2.23. The van der Waals surface area contributed by atoms with Crippen molar-refractivity contribution in [3.8, 4) is 79.1 Å². The van der Waals surface area contributed by atoms with Gasteiger partial charge in [-0.15, -0.1) is 0 Å². The van der Waals surface area contributed by atoms with Crippen LogP contribution in [0.2, 0.25) is 0 Å². The number of alkyl halides is 27. The summed E-state index contributed by atoms with van der Waals surface area (Å²) in [5.74, 6) is 0. The van der Waals surface area contributed by atoms with Gasteiger partial charge in [-0.05, 0) is 207 Å². The molecule has 2 heterocycles. The Labute approximate surface area is 552 Å². The Kier molecular flexibility index (Phi) is 16.5. The highest BCUT2D eigenvalue weighted by Gasteiger charge is 2.44. The maximum atomic E-state index is 17.2. The number of benzene rings is 10. The lowest BCUT2D eigenvalue weighted by atomic mass is 9.96. The van der Waals surface area contributed by atoms with Gasteiger partial charge in [0.15, 0.2) is 0 Å². The second kappa shape index (κ2) is 23.8. The molecule has 0 amide bonds. The zero-order valence-electron chi connectivity index (χ0n) is 49.7. The van der Waals surface area contributed by atoms with Crippen LogP contribution in [0, 0.1) is 22.7 Å². The second-order valence-electron chi connectivity index (χ2n) is 23.2. The number of rotatable bonds is 7.